The van der Waals surface area contributed by atoms with Crippen LogP contribution in [0.15, 0.2) is 48.5 Å². The number of nitrogens with one attached hydrogen (secondary N) is 2. The summed E-state index contributed by atoms with van der Waals surface area (Å²) in [7, 11) is 0. The van der Waals surface area contributed by atoms with Crippen LogP contribution in [0, 0.1) is 0 Å². The normalized spacial score (nSPS) is 17.3. The number of halogens is 2. The van der Waals surface area contributed by atoms with E-state index < -0.39 is 0 Å². The van der Waals surface area contributed by atoms with E-state index >= 15 is 0 Å². The minimum atomic E-state index is -0.0189. The minimum absolute atomic E-state index is 0.0185. The largest absolute Gasteiger partial charge is 0.326 e. The Morgan fingerprint density at radius 1 is 0.903 bits per heavy atom. The third-order valence-corrected chi connectivity index (χ3v) is 5.82. The summed E-state index contributed by atoms with van der Waals surface area (Å²) >= 11 is 11.9. The highest BCUT2D eigenvalue weighted by Gasteiger charge is 2.24. The van der Waals surface area contributed by atoms with E-state index in [0.29, 0.717) is 53.4 Å². The molecule has 2 amide bonds. The molecule has 1 fully saturated rings. The van der Waals surface area contributed by atoms with Gasteiger partial charge in [0, 0.05) is 73.0 Å². The summed E-state index contributed by atoms with van der Waals surface area (Å²) in [4.78, 5) is 29.1. The summed E-state index contributed by atoms with van der Waals surface area (Å²) in [5.74, 6) is -0.0374. The second-order valence-electron chi connectivity index (χ2n) is 7.80. The smallest absolute Gasteiger partial charge is 0.225 e. The molecule has 1 aliphatic rings. The molecule has 3 rings (SSSR count). The number of hydrogen-bond acceptors (Lipinski definition) is 4. The van der Waals surface area contributed by atoms with E-state index in [-0.39, 0.29) is 11.8 Å². The molecule has 166 valence electrons. The van der Waals surface area contributed by atoms with Crippen LogP contribution in [-0.2, 0) is 9.59 Å². The molecular formula is C23H28Cl2N4O2. The third kappa shape index (κ3) is 7.82. The Kier molecular flexibility index (Phi) is 8.72. The summed E-state index contributed by atoms with van der Waals surface area (Å²) in [5, 5.41) is 6.98. The Balaban J connectivity index is 1.36. The van der Waals surface area contributed by atoms with Crippen molar-refractivity contribution in [1.82, 2.24) is 9.80 Å². The lowest BCUT2D eigenvalue weighted by Crippen LogP contribution is -2.52. The number of rotatable bonds is 8. The molecule has 2 N–H and O–H groups in total. The lowest BCUT2D eigenvalue weighted by atomic mass is 10.1. The van der Waals surface area contributed by atoms with E-state index in [1.807, 2.05) is 24.3 Å². The van der Waals surface area contributed by atoms with Crippen molar-refractivity contribution in [3.05, 3.63) is 58.6 Å². The maximum atomic E-state index is 12.2. The van der Waals surface area contributed by atoms with E-state index in [9.17, 15) is 9.59 Å². The molecule has 0 aliphatic carbocycles. The van der Waals surface area contributed by atoms with Gasteiger partial charge in [0.05, 0.1) is 0 Å². The Morgan fingerprint density at radius 3 is 1.97 bits per heavy atom. The molecule has 1 saturated heterocycles. The zero-order valence-electron chi connectivity index (χ0n) is 17.6. The lowest BCUT2D eigenvalue weighted by Gasteiger charge is -2.39. The van der Waals surface area contributed by atoms with Crippen molar-refractivity contribution in [1.29, 1.82) is 0 Å². The van der Waals surface area contributed by atoms with Crippen LogP contribution >= 0.6 is 23.2 Å². The van der Waals surface area contributed by atoms with Gasteiger partial charge in [-0.3, -0.25) is 14.5 Å². The maximum Gasteiger partial charge on any atom is 0.225 e. The topological polar surface area (TPSA) is 64.7 Å². The van der Waals surface area contributed by atoms with Crippen molar-refractivity contribution >= 4 is 46.4 Å². The van der Waals surface area contributed by atoms with Gasteiger partial charge in [0.2, 0.25) is 11.8 Å². The molecule has 0 spiro atoms. The Hall–Kier alpha value is -2.12. The second kappa shape index (κ2) is 11.5. The van der Waals surface area contributed by atoms with E-state index in [1.165, 1.54) is 0 Å². The summed E-state index contributed by atoms with van der Waals surface area (Å²) in [5.41, 5.74) is 1.43. The lowest BCUT2D eigenvalue weighted by molar-refractivity contribution is -0.118. The van der Waals surface area contributed by atoms with Crippen molar-refractivity contribution in [2.45, 2.75) is 25.8 Å². The van der Waals surface area contributed by atoms with Crippen molar-refractivity contribution < 1.29 is 9.59 Å². The maximum absolute atomic E-state index is 12.2. The van der Waals surface area contributed by atoms with Crippen LogP contribution in [0.25, 0.3) is 0 Å². The number of carbonyl (C=O) groups is 2. The monoisotopic (exact) mass is 462 g/mol. The first kappa shape index (κ1) is 23.5. The summed E-state index contributed by atoms with van der Waals surface area (Å²) < 4.78 is 0. The van der Waals surface area contributed by atoms with Crippen LogP contribution in [0.5, 0.6) is 0 Å². The van der Waals surface area contributed by atoms with Crippen LogP contribution in [0.4, 0.5) is 11.4 Å². The molecule has 2 aromatic rings. The van der Waals surface area contributed by atoms with Crippen LogP contribution in [-0.4, -0.2) is 60.4 Å². The van der Waals surface area contributed by atoms with Gasteiger partial charge in [0.25, 0.3) is 0 Å². The molecule has 0 bridgehead atoms. The third-order valence-electron chi connectivity index (χ3n) is 5.35. The van der Waals surface area contributed by atoms with E-state index in [4.69, 9.17) is 23.2 Å². The number of piperazine rings is 1. The minimum Gasteiger partial charge on any atom is -0.326 e. The second-order valence-corrected chi connectivity index (χ2v) is 8.68. The summed E-state index contributed by atoms with van der Waals surface area (Å²) in [6, 6.07) is 14.6. The van der Waals surface area contributed by atoms with Crippen molar-refractivity contribution in [2.75, 3.05) is 43.4 Å². The molecule has 0 radical (unpaired) electrons. The first-order valence-corrected chi connectivity index (χ1v) is 11.2. The predicted octanol–water partition coefficient (Wildman–Crippen LogP) is 4.36. The standard InChI is InChI=1S/C23H28Cl2N4O2/c1-17-16-28(10-8-22(30)26-20-6-2-4-18(24)14-20)12-13-29(17)11-9-23(31)27-21-7-3-5-19(25)15-21/h2-7,14-15,17H,8-13,16H2,1H3,(H,26,30)(H,27,31). The van der Waals surface area contributed by atoms with Crippen LogP contribution in [0.3, 0.4) is 0 Å². The fourth-order valence-corrected chi connectivity index (χ4v) is 4.07. The SMILES string of the molecule is CC1CN(CCC(=O)Nc2cccc(Cl)c2)CCN1CCC(=O)Nc1cccc(Cl)c1. The zero-order valence-corrected chi connectivity index (χ0v) is 19.1. The van der Waals surface area contributed by atoms with Gasteiger partial charge in [0.15, 0.2) is 0 Å². The van der Waals surface area contributed by atoms with Gasteiger partial charge in [-0.1, -0.05) is 35.3 Å². The van der Waals surface area contributed by atoms with Crippen molar-refractivity contribution in [3.63, 3.8) is 0 Å². The molecule has 0 aromatic heterocycles. The fraction of sp³-hybridized carbons (Fsp3) is 0.391. The van der Waals surface area contributed by atoms with Crippen LogP contribution in [0.1, 0.15) is 19.8 Å². The van der Waals surface area contributed by atoms with Gasteiger partial charge < -0.3 is 15.5 Å². The molecule has 1 unspecified atom stereocenters. The Labute approximate surface area is 193 Å². The van der Waals surface area contributed by atoms with Crippen molar-refractivity contribution in [3.8, 4) is 0 Å². The first-order valence-electron chi connectivity index (χ1n) is 10.5. The number of anilines is 2. The molecule has 1 atom stereocenters. The Morgan fingerprint density at radius 2 is 1.45 bits per heavy atom. The highest BCUT2D eigenvalue weighted by atomic mass is 35.5. The van der Waals surface area contributed by atoms with E-state index in [1.54, 1.807) is 24.3 Å². The van der Waals surface area contributed by atoms with Gasteiger partial charge in [-0.15, -0.1) is 0 Å². The molecule has 1 aliphatic heterocycles. The average molecular weight is 463 g/mol. The number of amides is 2. The zero-order chi connectivity index (χ0) is 22.2. The van der Waals surface area contributed by atoms with Gasteiger partial charge in [0.1, 0.15) is 0 Å². The van der Waals surface area contributed by atoms with E-state index in [0.717, 1.165) is 19.6 Å². The predicted molar refractivity (Wildman–Crippen MR) is 127 cm³/mol. The van der Waals surface area contributed by atoms with Crippen LogP contribution < -0.4 is 10.6 Å². The van der Waals surface area contributed by atoms with Crippen LogP contribution in [0.2, 0.25) is 10.0 Å². The summed E-state index contributed by atoms with van der Waals surface area (Å²) in [6.45, 7) is 6.20. The van der Waals surface area contributed by atoms with Crippen molar-refractivity contribution in [2.24, 2.45) is 0 Å². The van der Waals surface area contributed by atoms with Gasteiger partial charge in [-0.05, 0) is 43.3 Å². The number of nitrogens with zero attached hydrogens (tertiary/aromatic N) is 2. The quantitative estimate of drug-likeness (QED) is 0.611. The Bertz CT molecular complexity index is 909. The molecule has 6 nitrogen and oxygen atoms in total. The number of hydrogen-bond donors (Lipinski definition) is 2. The number of benzene rings is 2. The molecule has 31 heavy (non-hydrogen) atoms. The summed E-state index contributed by atoms with van der Waals surface area (Å²) in [6.07, 6.45) is 0.861. The highest BCUT2D eigenvalue weighted by molar-refractivity contribution is 6.31. The highest BCUT2D eigenvalue weighted by Crippen LogP contribution is 2.17. The molecular weight excluding hydrogens is 435 g/mol. The molecule has 8 heteroatoms. The van der Waals surface area contributed by atoms with Gasteiger partial charge in [-0.25, -0.2) is 0 Å². The van der Waals surface area contributed by atoms with E-state index in [2.05, 4.69) is 27.4 Å². The average Bonchev–Trinajstić information content (AvgIpc) is 2.71. The molecule has 0 saturated carbocycles. The molecule has 2 aromatic carbocycles. The molecule has 1 heterocycles. The fourth-order valence-electron chi connectivity index (χ4n) is 3.69. The first-order chi connectivity index (χ1) is 14.9. The van der Waals surface area contributed by atoms with Gasteiger partial charge >= 0.3 is 0 Å². The van der Waals surface area contributed by atoms with Gasteiger partial charge in [-0.2, -0.15) is 0 Å². The number of carbonyl (C=O) groups excluding carboxylic acids is 2.